The summed E-state index contributed by atoms with van der Waals surface area (Å²) < 4.78 is 10.9. The van der Waals surface area contributed by atoms with E-state index in [9.17, 15) is 0 Å². The largest absolute Gasteiger partial charge is 0.508 e. The van der Waals surface area contributed by atoms with E-state index in [1.54, 1.807) is 23.3 Å². The van der Waals surface area contributed by atoms with Gasteiger partial charge in [0.25, 0.3) is 0 Å². The molecule has 0 amide bonds. The molecule has 3 heteroatoms. The molecule has 0 fully saturated rings. The van der Waals surface area contributed by atoms with Gasteiger partial charge in [-0.05, 0) is 103 Å². The fourth-order valence-corrected chi connectivity index (χ4v) is 4.60. The number of phenols is 1. The van der Waals surface area contributed by atoms with Crippen molar-refractivity contribution in [3.8, 4) is 11.5 Å². The van der Waals surface area contributed by atoms with Crippen LogP contribution in [0.1, 0.15) is 108 Å². The summed E-state index contributed by atoms with van der Waals surface area (Å²) in [6.45, 7) is 18.0. The van der Waals surface area contributed by atoms with Gasteiger partial charge in [-0.15, -0.1) is 0 Å². The van der Waals surface area contributed by atoms with Gasteiger partial charge in [0.1, 0.15) is 11.5 Å². The molecule has 1 aliphatic carbocycles. The third-order valence-electron chi connectivity index (χ3n) is 7.78. The van der Waals surface area contributed by atoms with Crippen LogP contribution < -0.4 is 4.74 Å². The van der Waals surface area contributed by atoms with E-state index in [2.05, 4.69) is 77.9 Å². The van der Waals surface area contributed by atoms with E-state index < -0.39 is 0 Å². The molecule has 5 atom stereocenters. The minimum absolute atomic E-state index is 0.181. The smallest absolute Gasteiger partial charge is 0.196 e. The molecule has 1 aliphatic rings. The van der Waals surface area contributed by atoms with Gasteiger partial charge >= 0.3 is 0 Å². The van der Waals surface area contributed by atoms with Gasteiger partial charge < -0.3 is 14.6 Å². The van der Waals surface area contributed by atoms with Crippen LogP contribution >= 0.6 is 0 Å². The predicted octanol–water partition coefficient (Wildman–Crippen LogP) is 9.85. The monoisotopic (exact) mass is 518 g/mol. The van der Waals surface area contributed by atoms with Gasteiger partial charge in [0.2, 0.25) is 0 Å². The SMILES string of the molecule is CC1Cc2ccccc2C1C.CCC(C)c1ccc(O)cc1.CCOC(C)Oc1ccc(C(C)CC)cc1. The minimum Gasteiger partial charge on any atom is -0.508 e. The molecule has 5 unspecified atom stereocenters. The van der Waals surface area contributed by atoms with Crippen LogP contribution in [0.25, 0.3) is 0 Å². The van der Waals surface area contributed by atoms with Gasteiger partial charge in [0, 0.05) is 6.61 Å². The van der Waals surface area contributed by atoms with Crippen LogP contribution in [-0.2, 0) is 11.2 Å². The van der Waals surface area contributed by atoms with Gasteiger partial charge in [-0.1, -0.05) is 90.1 Å². The van der Waals surface area contributed by atoms with Crippen LogP contribution in [0.2, 0.25) is 0 Å². The van der Waals surface area contributed by atoms with Crippen molar-refractivity contribution in [2.24, 2.45) is 5.92 Å². The Morgan fingerprint density at radius 2 is 1.29 bits per heavy atom. The molecule has 38 heavy (non-hydrogen) atoms. The number of ether oxygens (including phenoxy) is 2. The Bertz CT molecular complexity index is 1040. The molecule has 4 rings (SSSR count). The van der Waals surface area contributed by atoms with E-state index >= 15 is 0 Å². The third kappa shape index (κ3) is 9.83. The van der Waals surface area contributed by atoms with Crippen LogP contribution in [0.15, 0.2) is 72.8 Å². The van der Waals surface area contributed by atoms with Crippen LogP contribution in [0.4, 0.5) is 0 Å². The first-order chi connectivity index (χ1) is 18.2. The fourth-order valence-electron chi connectivity index (χ4n) is 4.60. The van der Waals surface area contributed by atoms with Crippen molar-refractivity contribution in [1.29, 1.82) is 0 Å². The number of phenolic OH excluding ortho intramolecular Hbond substituents is 1. The Hall–Kier alpha value is -2.78. The lowest BCUT2D eigenvalue weighted by atomic mass is 9.97. The number of aromatic hydroxyl groups is 1. The Kier molecular flexibility index (Phi) is 13.4. The normalized spacial score (nSPS) is 18.1. The molecule has 3 nitrogen and oxygen atoms in total. The number of hydrogen-bond donors (Lipinski definition) is 1. The molecule has 0 spiro atoms. The van der Waals surface area contributed by atoms with Crippen LogP contribution in [-0.4, -0.2) is 18.0 Å². The highest BCUT2D eigenvalue weighted by Crippen LogP contribution is 2.36. The second-order valence-corrected chi connectivity index (χ2v) is 10.6. The van der Waals surface area contributed by atoms with Gasteiger partial charge in [-0.2, -0.15) is 0 Å². The highest BCUT2D eigenvalue weighted by molar-refractivity contribution is 5.35. The van der Waals surface area contributed by atoms with E-state index in [-0.39, 0.29) is 6.29 Å². The lowest BCUT2D eigenvalue weighted by molar-refractivity contribution is -0.0613. The minimum atomic E-state index is -0.181. The summed E-state index contributed by atoms with van der Waals surface area (Å²) in [5, 5.41) is 9.01. The van der Waals surface area contributed by atoms with Gasteiger partial charge in [-0.25, -0.2) is 0 Å². The number of benzene rings is 3. The molecular weight excluding hydrogens is 468 g/mol. The Morgan fingerprint density at radius 1 is 0.763 bits per heavy atom. The molecule has 1 N–H and O–H groups in total. The highest BCUT2D eigenvalue weighted by atomic mass is 16.7. The van der Waals surface area contributed by atoms with Gasteiger partial charge in [-0.3, -0.25) is 0 Å². The van der Waals surface area contributed by atoms with Gasteiger partial charge in [0.05, 0.1) is 0 Å². The number of rotatable bonds is 8. The highest BCUT2D eigenvalue weighted by Gasteiger charge is 2.24. The fraction of sp³-hybridized carbons (Fsp3) is 0.486. The van der Waals surface area contributed by atoms with Crippen LogP contribution in [0, 0.1) is 5.92 Å². The maximum Gasteiger partial charge on any atom is 0.196 e. The first kappa shape index (κ1) is 31.4. The predicted molar refractivity (Wildman–Crippen MR) is 161 cm³/mol. The summed E-state index contributed by atoms with van der Waals surface area (Å²) in [6.07, 6.45) is 3.40. The molecule has 0 bridgehead atoms. The van der Waals surface area contributed by atoms with E-state index in [1.165, 1.54) is 17.5 Å². The lowest BCUT2D eigenvalue weighted by Crippen LogP contribution is -2.15. The Morgan fingerprint density at radius 3 is 1.79 bits per heavy atom. The first-order valence-electron chi connectivity index (χ1n) is 14.4. The average molecular weight is 519 g/mol. The zero-order valence-electron chi connectivity index (χ0n) is 24.9. The summed E-state index contributed by atoms with van der Waals surface area (Å²) in [6, 6.07) is 24.5. The molecule has 3 aromatic rings. The topological polar surface area (TPSA) is 38.7 Å². The lowest BCUT2D eigenvalue weighted by Gasteiger charge is -2.15. The van der Waals surface area contributed by atoms with E-state index in [0.717, 1.165) is 30.4 Å². The molecule has 0 aromatic heterocycles. The summed E-state index contributed by atoms with van der Waals surface area (Å²) in [5.74, 6) is 4.03. The quantitative estimate of drug-likeness (QED) is 0.302. The van der Waals surface area contributed by atoms with Crippen molar-refractivity contribution in [3.05, 3.63) is 95.1 Å². The number of fused-ring (bicyclic) bond motifs is 1. The molecular formula is C35H50O3. The average Bonchev–Trinajstić information content (AvgIpc) is 3.22. The van der Waals surface area contributed by atoms with E-state index in [0.29, 0.717) is 24.2 Å². The van der Waals surface area contributed by atoms with E-state index in [1.807, 2.05) is 38.1 Å². The molecule has 0 saturated heterocycles. The molecule has 208 valence electrons. The van der Waals surface area contributed by atoms with Crippen LogP contribution in [0.3, 0.4) is 0 Å². The van der Waals surface area contributed by atoms with Crippen molar-refractivity contribution in [2.45, 2.75) is 98.7 Å². The Balaban J connectivity index is 0.000000205. The van der Waals surface area contributed by atoms with E-state index in [4.69, 9.17) is 14.6 Å². The van der Waals surface area contributed by atoms with Crippen molar-refractivity contribution < 1.29 is 14.6 Å². The maximum atomic E-state index is 9.01. The second kappa shape index (κ2) is 16.2. The van der Waals surface area contributed by atoms with Crippen molar-refractivity contribution >= 4 is 0 Å². The third-order valence-corrected chi connectivity index (χ3v) is 7.78. The van der Waals surface area contributed by atoms with Gasteiger partial charge in [0.15, 0.2) is 6.29 Å². The molecule has 3 aromatic carbocycles. The molecule has 0 radical (unpaired) electrons. The summed E-state index contributed by atoms with van der Waals surface area (Å²) in [5.41, 5.74) is 5.79. The maximum absolute atomic E-state index is 9.01. The number of hydrogen-bond acceptors (Lipinski definition) is 3. The Labute approximate surface area is 232 Å². The second-order valence-electron chi connectivity index (χ2n) is 10.6. The summed E-state index contributed by atoms with van der Waals surface area (Å²) in [7, 11) is 0. The zero-order valence-corrected chi connectivity index (χ0v) is 24.9. The summed E-state index contributed by atoms with van der Waals surface area (Å²) in [4.78, 5) is 0. The first-order valence-corrected chi connectivity index (χ1v) is 14.4. The standard InChI is InChI=1S/C14H22O2.C11H14.C10H14O/c1-5-11(3)13-7-9-14(10-8-13)16-12(4)15-6-2;1-8-7-10-5-3-4-6-11(10)9(8)2;1-3-8(2)9-4-6-10(11)7-5-9/h7-12H,5-6H2,1-4H3;3-6,8-9H,7H2,1-2H3;4-8,11H,3H2,1-2H3. The zero-order chi connectivity index (χ0) is 28.1. The van der Waals surface area contributed by atoms with Crippen molar-refractivity contribution in [3.63, 3.8) is 0 Å². The molecule has 0 aliphatic heterocycles. The van der Waals surface area contributed by atoms with Crippen molar-refractivity contribution in [1.82, 2.24) is 0 Å². The molecule has 0 saturated carbocycles. The van der Waals surface area contributed by atoms with Crippen molar-refractivity contribution in [2.75, 3.05) is 6.61 Å². The van der Waals surface area contributed by atoms with Crippen LogP contribution in [0.5, 0.6) is 11.5 Å². The molecule has 0 heterocycles. The summed E-state index contributed by atoms with van der Waals surface area (Å²) >= 11 is 0.